The van der Waals surface area contributed by atoms with Gasteiger partial charge in [0.15, 0.2) is 0 Å². The molecule has 2 unspecified atom stereocenters. The fourth-order valence-corrected chi connectivity index (χ4v) is 2.90. The molecule has 116 valence electrons. The van der Waals surface area contributed by atoms with Gasteiger partial charge in [-0.2, -0.15) is 0 Å². The molecule has 1 heterocycles. The average molecular weight is 311 g/mol. The van der Waals surface area contributed by atoms with Crippen LogP contribution in [0.5, 0.6) is 0 Å². The molecule has 2 atom stereocenters. The van der Waals surface area contributed by atoms with Crippen LogP contribution in [0.4, 0.5) is 5.69 Å². The minimum atomic E-state index is -0.167. The van der Waals surface area contributed by atoms with Crippen LogP contribution in [0.3, 0.4) is 0 Å². The Morgan fingerprint density at radius 3 is 3.00 bits per heavy atom. The standard InChI is InChI=1S/C16H23ClN2O2/c1-3-4-13-9-12(7-8-21-13)19-11-5-6-15(17)14(10-11)16(20)18-2/h5-6,10,12-13,19H,3-4,7-9H2,1-2H3,(H,18,20). The minimum absolute atomic E-state index is 0.167. The van der Waals surface area contributed by atoms with Crippen molar-refractivity contribution in [2.45, 2.75) is 44.8 Å². The Kier molecular flexibility index (Phi) is 5.88. The molecule has 2 rings (SSSR count). The van der Waals surface area contributed by atoms with Gasteiger partial charge in [-0.3, -0.25) is 4.79 Å². The smallest absolute Gasteiger partial charge is 0.252 e. The highest BCUT2D eigenvalue weighted by molar-refractivity contribution is 6.34. The summed E-state index contributed by atoms with van der Waals surface area (Å²) in [5.41, 5.74) is 1.43. The zero-order chi connectivity index (χ0) is 15.2. The van der Waals surface area contributed by atoms with Gasteiger partial charge in [0.25, 0.3) is 5.91 Å². The second-order valence-electron chi connectivity index (χ2n) is 5.42. The fraction of sp³-hybridized carbons (Fsp3) is 0.562. The number of ether oxygens (including phenoxy) is 1. The molecule has 0 radical (unpaired) electrons. The second-order valence-corrected chi connectivity index (χ2v) is 5.83. The topological polar surface area (TPSA) is 50.4 Å². The summed E-state index contributed by atoms with van der Waals surface area (Å²) in [4.78, 5) is 11.8. The summed E-state index contributed by atoms with van der Waals surface area (Å²) < 4.78 is 5.76. The molecule has 1 aromatic rings. The molecule has 1 aromatic carbocycles. The van der Waals surface area contributed by atoms with E-state index in [1.165, 1.54) is 0 Å². The van der Waals surface area contributed by atoms with E-state index in [4.69, 9.17) is 16.3 Å². The molecular formula is C16H23ClN2O2. The summed E-state index contributed by atoms with van der Waals surface area (Å²) in [7, 11) is 1.60. The van der Waals surface area contributed by atoms with Crippen molar-refractivity contribution in [1.29, 1.82) is 0 Å². The van der Waals surface area contributed by atoms with E-state index in [0.29, 0.717) is 22.7 Å². The molecule has 1 aliphatic rings. The molecule has 5 heteroatoms. The van der Waals surface area contributed by atoms with Crippen LogP contribution in [-0.4, -0.2) is 31.7 Å². The predicted octanol–water partition coefficient (Wildman–Crippen LogP) is 3.46. The molecule has 1 fully saturated rings. The SMILES string of the molecule is CCCC1CC(Nc2ccc(Cl)c(C(=O)NC)c2)CCO1. The van der Waals surface area contributed by atoms with Crippen LogP contribution in [0.1, 0.15) is 43.0 Å². The van der Waals surface area contributed by atoms with Gasteiger partial charge < -0.3 is 15.4 Å². The summed E-state index contributed by atoms with van der Waals surface area (Å²) in [5.74, 6) is -0.167. The first-order chi connectivity index (χ1) is 10.1. The number of hydrogen-bond acceptors (Lipinski definition) is 3. The highest BCUT2D eigenvalue weighted by Gasteiger charge is 2.22. The van der Waals surface area contributed by atoms with E-state index in [0.717, 1.165) is 38.0 Å². The molecule has 1 aliphatic heterocycles. The quantitative estimate of drug-likeness (QED) is 0.875. The Bertz CT molecular complexity index is 491. The number of amides is 1. The summed E-state index contributed by atoms with van der Waals surface area (Å²) >= 11 is 6.07. The van der Waals surface area contributed by atoms with Crippen molar-refractivity contribution in [3.8, 4) is 0 Å². The fourth-order valence-electron chi connectivity index (χ4n) is 2.69. The number of nitrogens with one attached hydrogen (secondary N) is 2. The lowest BCUT2D eigenvalue weighted by Gasteiger charge is -2.30. The monoisotopic (exact) mass is 310 g/mol. The van der Waals surface area contributed by atoms with Gasteiger partial charge >= 0.3 is 0 Å². The Balaban J connectivity index is 2.04. The van der Waals surface area contributed by atoms with E-state index < -0.39 is 0 Å². The van der Waals surface area contributed by atoms with Crippen molar-refractivity contribution >= 4 is 23.2 Å². The number of hydrogen-bond donors (Lipinski definition) is 2. The van der Waals surface area contributed by atoms with E-state index >= 15 is 0 Å². The first-order valence-electron chi connectivity index (χ1n) is 7.53. The molecule has 0 spiro atoms. The van der Waals surface area contributed by atoms with E-state index in [1.807, 2.05) is 12.1 Å². The van der Waals surface area contributed by atoms with Gasteiger partial charge in [-0.25, -0.2) is 0 Å². The highest BCUT2D eigenvalue weighted by Crippen LogP contribution is 2.24. The molecule has 21 heavy (non-hydrogen) atoms. The van der Waals surface area contributed by atoms with Crippen LogP contribution in [0.2, 0.25) is 5.02 Å². The Morgan fingerprint density at radius 1 is 1.48 bits per heavy atom. The lowest BCUT2D eigenvalue weighted by atomic mass is 9.99. The lowest BCUT2D eigenvalue weighted by Crippen LogP contribution is -2.34. The van der Waals surface area contributed by atoms with E-state index in [2.05, 4.69) is 17.6 Å². The van der Waals surface area contributed by atoms with Gasteiger partial charge in [-0.1, -0.05) is 24.9 Å². The van der Waals surface area contributed by atoms with Crippen LogP contribution in [0.25, 0.3) is 0 Å². The van der Waals surface area contributed by atoms with Gasteiger partial charge in [0, 0.05) is 25.4 Å². The third-order valence-corrected chi connectivity index (χ3v) is 4.12. The van der Waals surface area contributed by atoms with Gasteiger partial charge in [-0.05, 0) is 37.5 Å². The summed E-state index contributed by atoms with van der Waals surface area (Å²) in [6, 6.07) is 5.87. The number of carbonyl (C=O) groups excluding carboxylic acids is 1. The molecule has 0 saturated carbocycles. The van der Waals surface area contributed by atoms with Crippen molar-refractivity contribution in [2.24, 2.45) is 0 Å². The zero-order valence-corrected chi connectivity index (χ0v) is 13.4. The third kappa shape index (κ3) is 4.35. The van der Waals surface area contributed by atoms with Crippen molar-refractivity contribution in [3.05, 3.63) is 28.8 Å². The maximum atomic E-state index is 11.8. The largest absolute Gasteiger partial charge is 0.382 e. The number of rotatable bonds is 5. The maximum Gasteiger partial charge on any atom is 0.252 e. The highest BCUT2D eigenvalue weighted by atomic mass is 35.5. The van der Waals surface area contributed by atoms with Crippen LogP contribution < -0.4 is 10.6 Å². The van der Waals surface area contributed by atoms with Gasteiger partial charge in [0.2, 0.25) is 0 Å². The number of carbonyl (C=O) groups is 1. The third-order valence-electron chi connectivity index (χ3n) is 3.79. The predicted molar refractivity (Wildman–Crippen MR) is 86.1 cm³/mol. The minimum Gasteiger partial charge on any atom is -0.382 e. The van der Waals surface area contributed by atoms with E-state index in [9.17, 15) is 4.79 Å². The zero-order valence-electron chi connectivity index (χ0n) is 12.6. The van der Waals surface area contributed by atoms with Crippen molar-refractivity contribution in [2.75, 3.05) is 19.0 Å². The molecule has 2 N–H and O–H groups in total. The van der Waals surface area contributed by atoms with Crippen LogP contribution >= 0.6 is 11.6 Å². The van der Waals surface area contributed by atoms with E-state index in [-0.39, 0.29) is 5.91 Å². The van der Waals surface area contributed by atoms with Crippen LogP contribution in [0, 0.1) is 0 Å². The second kappa shape index (κ2) is 7.66. The van der Waals surface area contributed by atoms with Crippen molar-refractivity contribution in [3.63, 3.8) is 0 Å². The first-order valence-corrected chi connectivity index (χ1v) is 7.91. The summed E-state index contributed by atoms with van der Waals surface area (Å²) in [5, 5.41) is 6.57. The molecule has 0 bridgehead atoms. The average Bonchev–Trinajstić information content (AvgIpc) is 2.49. The molecule has 1 saturated heterocycles. The van der Waals surface area contributed by atoms with Crippen molar-refractivity contribution < 1.29 is 9.53 Å². The Morgan fingerprint density at radius 2 is 2.29 bits per heavy atom. The van der Waals surface area contributed by atoms with Crippen molar-refractivity contribution in [1.82, 2.24) is 5.32 Å². The Labute approximate surface area is 131 Å². The maximum absolute atomic E-state index is 11.8. The van der Waals surface area contributed by atoms with Crippen LogP contribution in [0.15, 0.2) is 18.2 Å². The summed E-state index contributed by atoms with van der Waals surface area (Å²) in [6.07, 6.45) is 4.57. The van der Waals surface area contributed by atoms with Crippen LogP contribution in [-0.2, 0) is 4.74 Å². The number of benzene rings is 1. The molecule has 0 aliphatic carbocycles. The first kappa shape index (κ1) is 16.1. The van der Waals surface area contributed by atoms with Gasteiger partial charge in [-0.15, -0.1) is 0 Å². The molecule has 1 amide bonds. The normalized spacial score (nSPS) is 21.9. The van der Waals surface area contributed by atoms with E-state index in [1.54, 1.807) is 13.1 Å². The number of anilines is 1. The van der Waals surface area contributed by atoms with Gasteiger partial charge in [0.05, 0.1) is 16.7 Å². The summed E-state index contributed by atoms with van der Waals surface area (Å²) in [6.45, 7) is 2.97. The Hall–Kier alpha value is -1.26. The molecular weight excluding hydrogens is 288 g/mol. The lowest BCUT2D eigenvalue weighted by molar-refractivity contribution is 0.00597. The molecule has 0 aromatic heterocycles. The van der Waals surface area contributed by atoms with Gasteiger partial charge in [0.1, 0.15) is 0 Å². The molecule has 4 nitrogen and oxygen atoms in total. The number of halogens is 1.